The Labute approximate surface area is 187 Å². The van der Waals surface area contributed by atoms with Crippen molar-refractivity contribution in [2.24, 2.45) is 7.05 Å². The summed E-state index contributed by atoms with van der Waals surface area (Å²) in [6.45, 7) is 2.20. The molecule has 5 rings (SSSR count). The van der Waals surface area contributed by atoms with Gasteiger partial charge in [-0.05, 0) is 43.2 Å². The van der Waals surface area contributed by atoms with E-state index in [0.29, 0.717) is 32.5 Å². The zero-order valence-corrected chi connectivity index (χ0v) is 18.3. The third kappa shape index (κ3) is 4.09. The Morgan fingerprint density at radius 3 is 2.75 bits per heavy atom. The molecule has 1 aliphatic rings. The average molecular weight is 432 g/mol. The van der Waals surface area contributed by atoms with Gasteiger partial charge >= 0.3 is 0 Å². The number of benzene rings is 2. The second kappa shape index (κ2) is 8.54. The monoisotopic (exact) mass is 431 g/mol. The summed E-state index contributed by atoms with van der Waals surface area (Å²) < 4.78 is 7.99. The standard InChI is InChI=1S/C26H29N3O3/c1-28-12-9-22-24(28)7-4-8-25(22)32-18-21(30)17-29-13-10-26(31,11-14-29)20-15-19-5-2-3-6-23(19)27-16-20/h2-9,12,15-16,21,30-31H,10-11,13-14,17-18H2,1H3/t21-/m0/s1. The van der Waals surface area contributed by atoms with Gasteiger partial charge in [-0.3, -0.25) is 4.98 Å². The van der Waals surface area contributed by atoms with Crippen LogP contribution in [0.15, 0.2) is 67.0 Å². The molecule has 1 aliphatic heterocycles. The molecule has 1 fully saturated rings. The molecule has 32 heavy (non-hydrogen) atoms. The number of fused-ring (bicyclic) bond motifs is 2. The summed E-state index contributed by atoms with van der Waals surface area (Å²) in [5.74, 6) is 0.791. The Bertz CT molecular complexity index is 1230. The van der Waals surface area contributed by atoms with Gasteiger partial charge in [0.05, 0.1) is 16.6 Å². The number of aliphatic hydroxyl groups is 2. The topological polar surface area (TPSA) is 70.8 Å². The van der Waals surface area contributed by atoms with Crippen molar-refractivity contribution in [3.05, 3.63) is 72.6 Å². The number of hydrogen-bond acceptors (Lipinski definition) is 5. The zero-order chi connectivity index (χ0) is 22.1. The maximum atomic E-state index is 11.3. The first kappa shape index (κ1) is 20.9. The fourth-order valence-corrected chi connectivity index (χ4v) is 4.66. The fourth-order valence-electron chi connectivity index (χ4n) is 4.66. The van der Waals surface area contributed by atoms with E-state index in [1.807, 2.05) is 61.8 Å². The van der Waals surface area contributed by atoms with E-state index in [2.05, 4.69) is 20.5 Å². The Hall–Kier alpha value is -2.93. The van der Waals surface area contributed by atoms with Gasteiger partial charge < -0.3 is 24.4 Å². The summed E-state index contributed by atoms with van der Waals surface area (Å²) in [7, 11) is 2.01. The molecule has 0 saturated carbocycles. The highest BCUT2D eigenvalue weighted by Gasteiger charge is 2.34. The predicted octanol–water partition coefficient (Wildman–Crippen LogP) is 3.45. The zero-order valence-electron chi connectivity index (χ0n) is 18.3. The van der Waals surface area contributed by atoms with Crippen molar-refractivity contribution >= 4 is 21.8 Å². The van der Waals surface area contributed by atoms with Crippen LogP contribution in [-0.2, 0) is 12.6 Å². The number of aliphatic hydroxyl groups excluding tert-OH is 1. The third-order valence-corrected chi connectivity index (χ3v) is 6.60. The molecule has 0 bridgehead atoms. The van der Waals surface area contributed by atoms with Crippen molar-refractivity contribution in [1.82, 2.24) is 14.5 Å². The van der Waals surface area contributed by atoms with Crippen LogP contribution in [0.4, 0.5) is 0 Å². The van der Waals surface area contributed by atoms with Crippen LogP contribution in [0.25, 0.3) is 21.8 Å². The largest absolute Gasteiger partial charge is 0.490 e. The highest BCUT2D eigenvalue weighted by atomic mass is 16.5. The maximum Gasteiger partial charge on any atom is 0.128 e. The second-order valence-corrected chi connectivity index (χ2v) is 8.83. The Morgan fingerprint density at radius 1 is 1.09 bits per heavy atom. The van der Waals surface area contributed by atoms with E-state index in [1.165, 1.54) is 0 Å². The van der Waals surface area contributed by atoms with Gasteiger partial charge in [0.25, 0.3) is 0 Å². The number of aryl methyl sites for hydroxylation is 1. The SMILES string of the molecule is Cn1ccc2c(OC[C@@H](O)CN3CCC(O)(c4cnc5ccccc5c4)CC3)cccc21. The van der Waals surface area contributed by atoms with Crippen LogP contribution in [0.5, 0.6) is 5.75 Å². The van der Waals surface area contributed by atoms with Crippen LogP contribution >= 0.6 is 0 Å². The molecule has 0 aliphatic carbocycles. The number of likely N-dealkylation sites (tertiary alicyclic amines) is 1. The molecule has 4 aromatic rings. The molecule has 2 N–H and O–H groups in total. The van der Waals surface area contributed by atoms with Crippen LogP contribution in [0.1, 0.15) is 18.4 Å². The molecule has 0 amide bonds. The lowest BCUT2D eigenvalue weighted by Gasteiger charge is -2.39. The van der Waals surface area contributed by atoms with Crippen LogP contribution in [0, 0.1) is 0 Å². The first-order chi connectivity index (χ1) is 15.5. The van der Waals surface area contributed by atoms with Crippen molar-refractivity contribution in [1.29, 1.82) is 0 Å². The number of β-amino-alcohol motifs (C(OH)–C–C–N with tert-alkyl or cyclic N) is 1. The van der Waals surface area contributed by atoms with Crippen molar-refractivity contribution < 1.29 is 14.9 Å². The molecule has 2 aromatic heterocycles. The van der Waals surface area contributed by atoms with Crippen LogP contribution in [-0.4, -0.2) is 57.0 Å². The molecule has 0 radical (unpaired) electrons. The molecule has 6 nitrogen and oxygen atoms in total. The van der Waals surface area contributed by atoms with E-state index in [4.69, 9.17) is 4.74 Å². The number of hydrogen-bond donors (Lipinski definition) is 2. The average Bonchev–Trinajstić information content (AvgIpc) is 3.20. The van der Waals surface area contributed by atoms with Gasteiger partial charge in [0.15, 0.2) is 0 Å². The molecular formula is C26H29N3O3. The number of nitrogens with zero attached hydrogens (tertiary/aromatic N) is 3. The van der Waals surface area contributed by atoms with Gasteiger partial charge in [-0.1, -0.05) is 24.3 Å². The van der Waals surface area contributed by atoms with Crippen molar-refractivity contribution in [3.63, 3.8) is 0 Å². The van der Waals surface area contributed by atoms with E-state index in [1.54, 1.807) is 6.20 Å². The van der Waals surface area contributed by atoms with Gasteiger partial charge in [0, 0.05) is 55.4 Å². The minimum atomic E-state index is -0.877. The molecule has 1 atom stereocenters. The Morgan fingerprint density at radius 2 is 1.91 bits per heavy atom. The van der Waals surface area contributed by atoms with Gasteiger partial charge in [-0.25, -0.2) is 0 Å². The number of para-hydroxylation sites is 1. The van der Waals surface area contributed by atoms with Gasteiger partial charge in [-0.15, -0.1) is 0 Å². The minimum absolute atomic E-state index is 0.239. The highest BCUT2D eigenvalue weighted by molar-refractivity contribution is 5.86. The molecule has 2 aromatic carbocycles. The van der Waals surface area contributed by atoms with E-state index in [-0.39, 0.29) is 6.61 Å². The van der Waals surface area contributed by atoms with Gasteiger partial charge in [0.2, 0.25) is 0 Å². The Kier molecular flexibility index (Phi) is 5.59. The molecule has 166 valence electrons. The summed E-state index contributed by atoms with van der Waals surface area (Å²) in [5.41, 5.74) is 2.04. The normalized spacial score (nSPS) is 17.6. The fraction of sp³-hybridized carbons (Fsp3) is 0.346. The van der Waals surface area contributed by atoms with E-state index in [0.717, 1.165) is 33.1 Å². The molecule has 6 heteroatoms. The van der Waals surface area contributed by atoms with Crippen molar-refractivity contribution in [2.45, 2.75) is 24.5 Å². The molecule has 1 saturated heterocycles. The lowest BCUT2D eigenvalue weighted by atomic mass is 9.84. The van der Waals surface area contributed by atoms with Crippen LogP contribution in [0.2, 0.25) is 0 Å². The van der Waals surface area contributed by atoms with Crippen molar-refractivity contribution in [3.8, 4) is 5.75 Å². The van der Waals surface area contributed by atoms with E-state index in [9.17, 15) is 10.2 Å². The number of rotatable bonds is 6. The van der Waals surface area contributed by atoms with Crippen LogP contribution in [0.3, 0.4) is 0 Å². The summed E-state index contributed by atoms with van der Waals surface area (Å²) in [5, 5.41) is 23.9. The summed E-state index contributed by atoms with van der Waals surface area (Å²) in [4.78, 5) is 6.71. The van der Waals surface area contributed by atoms with E-state index < -0.39 is 11.7 Å². The molecular weight excluding hydrogens is 402 g/mol. The first-order valence-electron chi connectivity index (χ1n) is 11.2. The minimum Gasteiger partial charge on any atom is -0.490 e. The van der Waals surface area contributed by atoms with Gasteiger partial charge in [0.1, 0.15) is 18.5 Å². The number of aromatic nitrogens is 2. The highest BCUT2D eigenvalue weighted by Crippen LogP contribution is 2.34. The number of ether oxygens (including phenoxy) is 1. The maximum absolute atomic E-state index is 11.3. The number of pyridine rings is 1. The summed E-state index contributed by atoms with van der Waals surface area (Å²) in [6.07, 6.45) is 4.44. The lowest BCUT2D eigenvalue weighted by Crippen LogP contribution is -2.46. The first-order valence-corrected chi connectivity index (χ1v) is 11.2. The van der Waals surface area contributed by atoms with Crippen LogP contribution < -0.4 is 4.74 Å². The van der Waals surface area contributed by atoms with Crippen molar-refractivity contribution in [2.75, 3.05) is 26.2 Å². The Balaban J connectivity index is 1.17. The quantitative estimate of drug-likeness (QED) is 0.489. The molecule has 3 heterocycles. The van der Waals surface area contributed by atoms with E-state index >= 15 is 0 Å². The molecule has 0 spiro atoms. The molecule has 0 unspecified atom stereocenters. The summed E-state index contributed by atoms with van der Waals surface area (Å²) >= 11 is 0. The smallest absolute Gasteiger partial charge is 0.128 e. The number of piperidine rings is 1. The lowest BCUT2D eigenvalue weighted by molar-refractivity contribution is -0.0373. The third-order valence-electron chi connectivity index (χ3n) is 6.60. The summed E-state index contributed by atoms with van der Waals surface area (Å²) in [6, 6.07) is 18.0. The second-order valence-electron chi connectivity index (χ2n) is 8.83. The predicted molar refractivity (Wildman–Crippen MR) is 126 cm³/mol. The van der Waals surface area contributed by atoms with Gasteiger partial charge in [-0.2, -0.15) is 0 Å².